The van der Waals surface area contributed by atoms with E-state index < -0.39 is 41.5 Å². The van der Waals surface area contributed by atoms with Crippen LogP contribution in [0.5, 0.6) is 11.5 Å². The van der Waals surface area contributed by atoms with Gasteiger partial charge >= 0.3 is 0 Å². The number of aromatic hydroxyl groups is 2. The van der Waals surface area contributed by atoms with Crippen LogP contribution in [0.3, 0.4) is 0 Å². The molecule has 36 heavy (non-hydrogen) atoms. The molecule has 0 saturated carbocycles. The van der Waals surface area contributed by atoms with Crippen LogP contribution in [0.15, 0.2) is 40.1 Å². The van der Waals surface area contributed by atoms with Crippen LogP contribution in [-0.2, 0) is 20.2 Å². The molecule has 0 aromatic heterocycles. The van der Waals surface area contributed by atoms with Crippen molar-refractivity contribution in [2.75, 3.05) is 16.8 Å². The van der Waals surface area contributed by atoms with Crippen molar-refractivity contribution in [3.63, 3.8) is 0 Å². The Morgan fingerprint density at radius 2 is 1.28 bits per heavy atom. The number of nitrogens with one attached hydrogen (secondary N) is 1. The zero-order valence-electron chi connectivity index (χ0n) is 19.3. The molecule has 0 aliphatic rings. The predicted molar refractivity (Wildman–Crippen MR) is 137 cm³/mol. The third-order valence-corrected chi connectivity index (χ3v) is 8.30. The molecule has 0 aliphatic carbocycles. The van der Waals surface area contributed by atoms with Crippen LogP contribution in [-0.4, -0.2) is 36.2 Å². The number of rotatable bonds is 4. The van der Waals surface area contributed by atoms with Gasteiger partial charge in [-0.2, -0.15) is 16.8 Å². The summed E-state index contributed by atoms with van der Waals surface area (Å²) in [6, 6.07) is 7.17. The Morgan fingerprint density at radius 3 is 1.78 bits per heavy atom. The largest absolute Gasteiger partial charge is 0.507 e. The average molecular weight is 534 g/mol. The van der Waals surface area contributed by atoms with E-state index in [0.29, 0.717) is 5.56 Å². The first-order valence-corrected chi connectivity index (χ1v) is 13.2. The van der Waals surface area contributed by atoms with Crippen molar-refractivity contribution in [2.24, 2.45) is 0 Å². The Balaban J connectivity index is 2.21. The van der Waals surface area contributed by atoms with E-state index in [1.165, 1.54) is 26.0 Å². The Hall–Kier alpha value is -3.78. The molecule has 11 nitrogen and oxygen atoms in total. The molecular formula is C23H23N3O8S2. The molecule has 0 radical (unpaired) electrons. The van der Waals surface area contributed by atoms with E-state index in [9.17, 15) is 36.2 Å². The first-order valence-electron chi connectivity index (χ1n) is 10.4. The highest BCUT2D eigenvalue weighted by Gasteiger charge is 2.28. The van der Waals surface area contributed by atoms with Gasteiger partial charge in [0.25, 0.3) is 20.2 Å². The lowest BCUT2D eigenvalue weighted by atomic mass is 9.97. The summed E-state index contributed by atoms with van der Waals surface area (Å²) in [5, 5.41) is 25.1. The second-order valence-corrected chi connectivity index (χ2v) is 11.1. The van der Waals surface area contributed by atoms with Crippen LogP contribution in [0.2, 0.25) is 0 Å². The van der Waals surface area contributed by atoms with Gasteiger partial charge in [0, 0.05) is 22.1 Å². The van der Waals surface area contributed by atoms with Gasteiger partial charge in [0.2, 0.25) is 0 Å². The molecule has 9 N–H and O–H groups in total. The van der Waals surface area contributed by atoms with Crippen LogP contribution < -0.4 is 16.8 Å². The van der Waals surface area contributed by atoms with Gasteiger partial charge in [-0.3, -0.25) is 9.11 Å². The Morgan fingerprint density at radius 1 is 0.750 bits per heavy atom. The fourth-order valence-electron chi connectivity index (χ4n) is 4.57. The summed E-state index contributed by atoms with van der Waals surface area (Å²) >= 11 is 0. The monoisotopic (exact) mass is 533 g/mol. The number of nitrogens with two attached hydrogens (primary N) is 2. The normalized spacial score (nSPS) is 12.4. The molecule has 4 rings (SSSR count). The van der Waals surface area contributed by atoms with E-state index >= 15 is 0 Å². The fraction of sp³-hybridized carbons (Fsp3) is 0.130. The van der Waals surface area contributed by atoms with Crippen molar-refractivity contribution < 1.29 is 36.2 Å². The minimum absolute atomic E-state index is 0.0444. The van der Waals surface area contributed by atoms with Gasteiger partial charge in [-0.15, -0.1) is 0 Å². The second kappa shape index (κ2) is 8.13. The van der Waals surface area contributed by atoms with E-state index in [0.717, 1.165) is 6.07 Å². The van der Waals surface area contributed by atoms with Crippen molar-refractivity contribution in [3.8, 4) is 11.5 Å². The lowest BCUT2D eigenvalue weighted by molar-refractivity contribution is 0.477. The number of phenolic OH excluding ortho intramolecular Hbond substituents is 2. The fourth-order valence-corrected chi connectivity index (χ4v) is 6.20. The zero-order chi connectivity index (χ0) is 26.9. The maximum Gasteiger partial charge on any atom is 0.296 e. The van der Waals surface area contributed by atoms with Crippen LogP contribution in [0.1, 0.15) is 16.7 Å². The predicted octanol–water partition coefficient (Wildman–Crippen LogP) is 3.73. The molecule has 0 unspecified atom stereocenters. The standard InChI is InChI=1S/C23H23N3O8S2/c1-9-18(24)10(2)23(36(32,33)34)11(3)20(9)26-14-8-15(35(29,30)31)19(25)17-16(14)21(27)12-6-4-5-7-13(12)22(17)28/h4-8,26-28H,24-25H2,1-3H3,(H,29,30,31)(H,32,33,34). The molecule has 0 spiro atoms. The SMILES string of the molecule is Cc1c(N)c(C)c(S(=O)(=O)O)c(C)c1Nc1cc(S(=O)(=O)O)c(N)c2c(O)c3ccccc3c(O)c12. The Bertz CT molecular complexity index is 1830. The molecular weight excluding hydrogens is 510 g/mol. The van der Waals surface area contributed by atoms with Crippen LogP contribution in [0, 0.1) is 20.8 Å². The molecule has 4 aromatic carbocycles. The molecule has 0 atom stereocenters. The summed E-state index contributed by atoms with van der Waals surface area (Å²) in [5.74, 6) is -0.806. The molecule has 0 aliphatic heterocycles. The molecule has 13 heteroatoms. The van der Waals surface area contributed by atoms with Crippen molar-refractivity contribution in [1.29, 1.82) is 0 Å². The van der Waals surface area contributed by atoms with E-state index in [-0.39, 0.29) is 55.5 Å². The summed E-state index contributed by atoms with van der Waals surface area (Å²) in [6.07, 6.45) is 0. The first kappa shape index (κ1) is 25.3. The number of fused-ring (bicyclic) bond motifs is 2. The maximum absolute atomic E-state index is 12.2. The minimum Gasteiger partial charge on any atom is -0.507 e. The van der Waals surface area contributed by atoms with Crippen molar-refractivity contribution in [3.05, 3.63) is 47.0 Å². The van der Waals surface area contributed by atoms with Crippen molar-refractivity contribution >= 4 is 64.5 Å². The summed E-state index contributed by atoms with van der Waals surface area (Å²) in [4.78, 5) is -1.20. The van der Waals surface area contributed by atoms with Gasteiger partial charge < -0.3 is 27.0 Å². The molecule has 190 valence electrons. The Kier molecular flexibility index (Phi) is 5.72. The second-order valence-electron chi connectivity index (χ2n) is 8.40. The van der Waals surface area contributed by atoms with Gasteiger partial charge in [-0.1, -0.05) is 24.3 Å². The highest BCUT2D eigenvalue weighted by atomic mass is 32.2. The van der Waals surface area contributed by atoms with E-state index in [4.69, 9.17) is 11.5 Å². The smallest absolute Gasteiger partial charge is 0.296 e. The van der Waals surface area contributed by atoms with Crippen molar-refractivity contribution in [1.82, 2.24) is 0 Å². The maximum atomic E-state index is 12.2. The van der Waals surface area contributed by atoms with Crippen LogP contribution in [0.25, 0.3) is 21.5 Å². The number of nitrogen functional groups attached to an aromatic ring is 2. The number of benzene rings is 4. The van der Waals surface area contributed by atoms with E-state index in [2.05, 4.69) is 5.32 Å². The quantitative estimate of drug-likeness (QED) is 0.0868. The van der Waals surface area contributed by atoms with E-state index in [1.54, 1.807) is 19.1 Å². The van der Waals surface area contributed by atoms with Crippen LogP contribution >= 0.6 is 0 Å². The summed E-state index contributed by atoms with van der Waals surface area (Å²) < 4.78 is 68.1. The summed E-state index contributed by atoms with van der Waals surface area (Å²) in [5.41, 5.74) is 12.2. The highest BCUT2D eigenvalue weighted by molar-refractivity contribution is 7.86. The van der Waals surface area contributed by atoms with Gasteiger partial charge in [-0.25, -0.2) is 0 Å². The van der Waals surface area contributed by atoms with Gasteiger partial charge in [0.15, 0.2) is 0 Å². The molecule has 0 fully saturated rings. The lowest BCUT2D eigenvalue weighted by Gasteiger charge is -2.22. The molecule has 0 saturated heterocycles. The molecule has 4 aromatic rings. The number of anilines is 4. The first-order chi connectivity index (χ1) is 16.6. The third kappa shape index (κ3) is 3.73. The van der Waals surface area contributed by atoms with Gasteiger partial charge in [0.05, 0.1) is 22.1 Å². The minimum atomic E-state index is -4.91. The Labute approximate surface area is 206 Å². The number of hydrogen-bond acceptors (Lipinski definition) is 9. The van der Waals surface area contributed by atoms with Crippen LogP contribution in [0.4, 0.5) is 22.7 Å². The third-order valence-electron chi connectivity index (χ3n) is 6.28. The molecule has 0 bridgehead atoms. The average Bonchev–Trinajstić information content (AvgIpc) is 2.77. The number of hydrogen-bond donors (Lipinski definition) is 7. The highest BCUT2D eigenvalue weighted by Crippen LogP contribution is 2.50. The number of phenols is 2. The van der Waals surface area contributed by atoms with Gasteiger partial charge in [-0.05, 0) is 43.5 Å². The van der Waals surface area contributed by atoms with E-state index in [1.807, 2.05) is 0 Å². The topological polar surface area (TPSA) is 213 Å². The van der Waals surface area contributed by atoms with Crippen molar-refractivity contribution in [2.45, 2.75) is 30.6 Å². The summed E-state index contributed by atoms with van der Waals surface area (Å²) in [6.45, 7) is 4.40. The van der Waals surface area contributed by atoms with Gasteiger partial charge in [0.1, 0.15) is 21.3 Å². The molecule has 0 heterocycles. The zero-order valence-corrected chi connectivity index (χ0v) is 20.9. The summed E-state index contributed by atoms with van der Waals surface area (Å²) in [7, 11) is -9.62. The molecule has 0 amide bonds. The lowest BCUT2D eigenvalue weighted by Crippen LogP contribution is -2.12.